The Bertz CT molecular complexity index is 109. The van der Waals surface area contributed by atoms with Gasteiger partial charge in [-0.3, -0.25) is 0 Å². The molecule has 0 spiro atoms. The largest absolute Gasteiger partial charge is 0.306 e. The van der Waals surface area contributed by atoms with Crippen LogP contribution in [0.15, 0.2) is 0 Å². The molecule has 0 fully saturated rings. The van der Waals surface area contributed by atoms with Crippen molar-refractivity contribution in [2.45, 2.75) is 19.8 Å². The standard InChI is InChI=1S/C10H23NS2/c1-10(5-8-12)4-6-11(2)7-9-13-3/h10,12H,4-9H2,1-3H3. The maximum Gasteiger partial charge on any atom is 0.00692 e. The highest BCUT2D eigenvalue weighted by Gasteiger charge is 2.03. The van der Waals surface area contributed by atoms with Crippen LogP contribution in [0.5, 0.6) is 0 Å². The quantitative estimate of drug-likeness (QED) is 0.628. The normalized spacial score (nSPS) is 13.6. The highest BCUT2D eigenvalue weighted by atomic mass is 32.2. The zero-order valence-corrected chi connectivity index (χ0v) is 10.8. The van der Waals surface area contributed by atoms with Gasteiger partial charge in [0.05, 0.1) is 0 Å². The summed E-state index contributed by atoms with van der Waals surface area (Å²) in [7, 11) is 2.21. The molecule has 0 bridgehead atoms. The van der Waals surface area contributed by atoms with Gasteiger partial charge in [0.15, 0.2) is 0 Å². The van der Waals surface area contributed by atoms with Crippen LogP contribution in [0.3, 0.4) is 0 Å². The second kappa shape index (κ2) is 9.22. The molecule has 1 atom stereocenters. The lowest BCUT2D eigenvalue weighted by molar-refractivity contribution is 0.320. The van der Waals surface area contributed by atoms with Crippen molar-refractivity contribution in [2.75, 3.05) is 37.9 Å². The molecule has 0 N–H and O–H groups in total. The van der Waals surface area contributed by atoms with Crippen molar-refractivity contribution in [2.24, 2.45) is 5.92 Å². The SMILES string of the molecule is CSCCN(C)CCC(C)CCS. The zero-order valence-electron chi connectivity index (χ0n) is 9.12. The smallest absolute Gasteiger partial charge is 0.00692 e. The molecule has 0 heterocycles. The van der Waals surface area contributed by atoms with Crippen LogP contribution in [0, 0.1) is 5.92 Å². The van der Waals surface area contributed by atoms with Crippen molar-refractivity contribution in [3.63, 3.8) is 0 Å². The van der Waals surface area contributed by atoms with Crippen LogP contribution in [0.1, 0.15) is 19.8 Å². The van der Waals surface area contributed by atoms with E-state index in [2.05, 4.69) is 37.8 Å². The molecular formula is C10H23NS2. The van der Waals surface area contributed by atoms with Gasteiger partial charge in [-0.1, -0.05) is 6.92 Å². The first-order valence-electron chi connectivity index (χ1n) is 4.99. The van der Waals surface area contributed by atoms with Gasteiger partial charge in [0.25, 0.3) is 0 Å². The third-order valence-corrected chi connectivity index (χ3v) is 3.15. The van der Waals surface area contributed by atoms with Crippen molar-refractivity contribution in [3.05, 3.63) is 0 Å². The van der Waals surface area contributed by atoms with Gasteiger partial charge in [-0.2, -0.15) is 24.4 Å². The Morgan fingerprint density at radius 1 is 1.31 bits per heavy atom. The molecule has 0 rings (SSSR count). The maximum absolute atomic E-state index is 4.24. The van der Waals surface area contributed by atoms with Crippen LogP contribution in [-0.4, -0.2) is 42.8 Å². The van der Waals surface area contributed by atoms with E-state index in [1.807, 2.05) is 11.8 Å². The summed E-state index contributed by atoms with van der Waals surface area (Å²) >= 11 is 6.16. The van der Waals surface area contributed by atoms with Crippen LogP contribution in [0.4, 0.5) is 0 Å². The molecule has 0 aromatic rings. The first kappa shape index (κ1) is 13.7. The molecule has 80 valence electrons. The predicted octanol–water partition coefficient (Wildman–Crippen LogP) is 2.63. The lowest BCUT2D eigenvalue weighted by Crippen LogP contribution is -2.23. The van der Waals surface area contributed by atoms with Crippen molar-refractivity contribution in [1.82, 2.24) is 4.90 Å². The number of hydrogen-bond acceptors (Lipinski definition) is 3. The molecule has 0 aliphatic rings. The van der Waals surface area contributed by atoms with Crippen LogP contribution in [-0.2, 0) is 0 Å². The number of rotatable bonds is 8. The van der Waals surface area contributed by atoms with E-state index in [9.17, 15) is 0 Å². The summed E-state index contributed by atoms with van der Waals surface area (Å²) in [4.78, 5) is 2.42. The van der Waals surface area contributed by atoms with Crippen molar-refractivity contribution < 1.29 is 0 Å². The molecule has 1 unspecified atom stereocenters. The summed E-state index contributed by atoms with van der Waals surface area (Å²) in [6, 6.07) is 0. The molecule has 13 heavy (non-hydrogen) atoms. The van der Waals surface area contributed by atoms with E-state index in [1.165, 1.54) is 31.7 Å². The van der Waals surface area contributed by atoms with Crippen molar-refractivity contribution in [3.8, 4) is 0 Å². The second-order valence-electron chi connectivity index (χ2n) is 3.70. The monoisotopic (exact) mass is 221 g/mol. The molecule has 0 aromatic carbocycles. The molecule has 0 amide bonds. The fourth-order valence-electron chi connectivity index (χ4n) is 1.16. The van der Waals surface area contributed by atoms with Gasteiger partial charge in [-0.05, 0) is 44.4 Å². The predicted molar refractivity (Wildman–Crippen MR) is 68.1 cm³/mol. The van der Waals surface area contributed by atoms with E-state index in [0.717, 1.165) is 11.7 Å². The minimum Gasteiger partial charge on any atom is -0.306 e. The third kappa shape index (κ3) is 8.98. The Morgan fingerprint density at radius 2 is 2.00 bits per heavy atom. The Labute approximate surface area is 93.1 Å². The fourth-order valence-corrected chi connectivity index (χ4v) is 2.10. The summed E-state index contributed by atoms with van der Waals surface area (Å²) < 4.78 is 0. The Morgan fingerprint density at radius 3 is 2.54 bits per heavy atom. The van der Waals surface area contributed by atoms with Gasteiger partial charge in [0.2, 0.25) is 0 Å². The summed E-state index contributed by atoms with van der Waals surface area (Å²) in [6.07, 6.45) is 4.72. The van der Waals surface area contributed by atoms with Crippen LogP contribution in [0.2, 0.25) is 0 Å². The van der Waals surface area contributed by atoms with E-state index in [1.54, 1.807) is 0 Å². The Balaban J connectivity index is 3.29. The van der Waals surface area contributed by atoms with E-state index in [4.69, 9.17) is 0 Å². The lowest BCUT2D eigenvalue weighted by Gasteiger charge is -2.18. The first-order chi connectivity index (χ1) is 6.20. The average molecular weight is 221 g/mol. The van der Waals surface area contributed by atoms with Gasteiger partial charge in [-0.15, -0.1) is 0 Å². The molecule has 0 aliphatic heterocycles. The Hall–Kier alpha value is 0.660. The van der Waals surface area contributed by atoms with Gasteiger partial charge in [0, 0.05) is 12.3 Å². The molecular weight excluding hydrogens is 198 g/mol. The van der Waals surface area contributed by atoms with E-state index >= 15 is 0 Å². The molecule has 0 radical (unpaired) electrons. The van der Waals surface area contributed by atoms with Crippen molar-refractivity contribution >= 4 is 24.4 Å². The number of nitrogens with zero attached hydrogens (tertiary/aromatic N) is 1. The van der Waals surface area contributed by atoms with Gasteiger partial charge < -0.3 is 4.90 Å². The zero-order chi connectivity index (χ0) is 10.1. The molecule has 0 saturated carbocycles. The second-order valence-corrected chi connectivity index (χ2v) is 5.14. The van der Waals surface area contributed by atoms with E-state index < -0.39 is 0 Å². The first-order valence-corrected chi connectivity index (χ1v) is 7.01. The summed E-state index contributed by atoms with van der Waals surface area (Å²) in [5.41, 5.74) is 0. The maximum atomic E-state index is 4.24. The lowest BCUT2D eigenvalue weighted by atomic mass is 10.1. The minimum absolute atomic E-state index is 0.828. The van der Waals surface area contributed by atoms with Crippen LogP contribution < -0.4 is 0 Å². The molecule has 1 nitrogen and oxygen atoms in total. The number of thiol groups is 1. The number of hydrogen-bond donors (Lipinski definition) is 1. The summed E-state index contributed by atoms with van der Waals surface area (Å²) in [5, 5.41) is 0. The molecule has 0 aromatic heterocycles. The molecule has 0 saturated heterocycles. The van der Waals surface area contributed by atoms with E-state index in [0.29, 0.717) is 0 Å². The summed E-state index contributed by atoms with van der Waals surface area (Å²) in [6.45, 7) is 4.77. The topological polar surface area (TPSA) is 3.24 Å². The third-order valence-electron chi connectivity index (χ3n) is 2.30. The van der Waals surface area contributed by atoms with Gasteiger partial charge in [0.1, 0.15) is 0 Å². The Kier molecular flexibility index (Phi) is 9.69. The van der Waals surface area contributed by atoms with E-state index in [-0.39, 0.29) is 0 Å². The summed E-state index contributed by atoms with van der Waals surface area (Å²) in [5.74, 6) is 3.10. The number of thioether (sulfide) groups is 1. The van der Waals surface area contributed by atoms with Crippen LogP contribution >= 0.6 is 24.4 Å². The van der Waals surface area contributed by atoms with Crippen LogP contribution in [0.25, 0.3) is 0 Å². The highest BCUT2D eigenvalue weighted by Crippen LogP contribution is 2.08. The van der Waals surface area contributed by atoms with Gasteiger partial charge >= 0.3 is 0 Å². The van der Waals surface area contributed by atoms with Crippen molar-refractivity contribution in [1.29, 1.82) is 0 Å². The van der Waals surface area contributed by atoms with Gasteiger partial charge in [-0.25, -0.2) is 0 Å². The fraction of sp³-hybridized carbons (Fsp3) is 1.00. The average Bonchev–Trinajstić information content (AvgIpc) is 2.12. The molecule has 0 aliphatic carbocycles. The minimum atomic E-state index is 0.828. The molecule has 3 heteroatoms. The highest BCUT2D eigenvalue weighted by molar-refractivity contribution is 7.98.